The molecule has 0 bridgehead atoms. The van der Waals surface area contributed by atoms with Gasteiger partial charge in [0.2, 0.25) is 0 Å². The summed E-state index contributed by atoms with van der Waals surface area (Å²) in [7, 11) is 1.48. The van der Waals surface area contributed by atoms with Gasteiger partial charge < -0.3 is 19.5 Å². The number of carbonyl (C=O) groups excluding carboxylic acids is 2. The molecule has 23 heavy (non-hydrogen) atoms. The number of carbonyl (C=O) groups is 2. The Morgan fingerprint density at radius 3 is 2.61 bits per heavy atom. The smallest absolute Gasteiger partial charge is 0.331 e. The van der Waals surface area contributed by atoms with E-state index < -0.39 is 5.97 Å². The Kier molecular flexibility index (Phi) is 8.28. The Balaban J connectivity index is 2.72. The molecule has 0 fully saturated rings. The standard InChI is InChI=1S/C17H23NO5/c1-4-10-22-14-8-6-13(11-15(14)21-5-2)7-9-17(20)23-12-16(19)18-3/h6-9,11H,4-5,10,12H2,1-3H3,(H,18,19)/b9-7+. The molecule has 0 unspecified atom stereocenters. The van der Waals surface area contributed by atoms with E-state index in [2.05, 4.69) is 5.32 Å². The number of hydrogen-bond donors (Lipinski definition) is 1. The van der Waals surface area contributed by atoms with Crippen LogP contribution in [0, 0.1) is 0 Å². The number of likely N-dealkylation sites (N-methyl/N-ethyl adjacent to an activating group) is 1. The summed E-state index contributed by atoms with van der Waals surface area (Å²) in [6.07, 6.45) is 3.77. The molecule has 0 aliphatic rings. The topological polar surface area (TPSA) is 73.9 Å². The number of hydrogen-bond acceptors (Lipinski definition) is 5. The van der Waals surface area contributed by atoms with Gasteiger partial charge in [0.25, 0.3) is 5.91 Å². The van der Waals surface area contributed by atoms with Crippen molar-refractivity contribution in [3.05, 3.63) is 29.8 Å². The number of nitrogens with one attached hydrogen (secondary N) is 1. The fraction of sp³-hybridized carbons (Fsp3) is 0.412. The molecular weight excluding hydrogens is 298 g/mol. The van der Waals surface area contributed by atoms with E-state index >= 15 is 0 Å². The molecule has 0 heterocycles. The van der Waals surface area contributed by atoms with Crippen molar-refractivity contribution in [3.8, 4) is 11.5 Å². The van der Waals surface area contributed by atoms with Gasteiger partial charge in [-0.25, -0.2) is 4.79 Å². The van der Waals surface area contributed by atoms with Crippen LogP contribution in [-0.2, 0) is 14.3 Å². The summed E-state index contributed by atoms with van der Waals surface area (Å²) in [5.41, 5.74) is 0.772. The van der Waals surface area contributed by atoms with Crippen LogP contribution < -0.4 is 14.8 Å². The quantitative estimate of drug-likeness (QED) is 0.557. The molecule has 1 aromatic rings. The molecule has 1 amide bonds. The minimum atomic E-state index is -0.585. The maximum absolute atomic E-state index is 11.5. The molecule has 6 nitrogen and oxygen atoms in total. The predicted molar refractivity (Wildman–Crippen MR) is 87.5 cm³/mol. The van der Waals surface area contributed by atoms with Crippen molar-refractivity contribution in [1.29, 1.82) is 0 Å². The molecule has 6 heteroatoms. The molecule has 1 N–H and O–H groups in total. The molecule has 0 radical (unpaired) electrons. The van der Waals surface area contributed by atoms with Crippen molar-refractivity contribution in [1.82, 2.24) is 5.32 Å². The Labute approximate surface area is 136 Å². The van der Waals surface area contributed by atoms with Gasteiger partial charge in [-0.3, -0.25) is 4.79 Å². The molecule has 1 rings (SSSR count). The van der Waals surface area contributed by atoms with Crippen LogP contribution in [0.5, 0.6) is 11.5 Å². The summed E-state index contributed by atoms with van der Waals surface area (Å²) < 4.78 is 15.9. The van der Waals surface area contributed by atoms with Crippen molar-refractivity contribution < 1.29 is 23.8 Å². The SMILES string of the molecule is CCCOc1ccc(/C=C/C(=O)OCC(=O)NC)cc1OCC. The number of amides is 1. The van der Waals surface area contributed by atoms with Gasteiger partial charge >= 0.3 is 5.97 Å². The first-order valence-corrected chi connectivity index (χ1v) is 7.55. The number of rotatable bonds is 9. The highest BCUT2D eigenvalue weighted by molar-refractivity contribution is 5.89. The highest BCUT2D eigenvalue weighted by atomic mass is 16.5. The largest absolute Gasteiger partial charge is 0.490 e. The van der Waals surface area contributed by atoms with Crippen LogP contribution in [-0.4, -0.2) is 38.7 Å². The predicted octanol–water partition coefficient (Wildman–Crippen LogP) is 2.18. The van der Waals surface area contributed by atoms with Crippen LogP contribution >= 0.6 is 0 Å². The molecule has 0 aliphatic heterocycles. The molecule has 0 saturated heterocycles. The third kappa shape index (κ3) is 6.86. The molecule has 0 saturated carbocycles. The monoisotopic (exact) mass is 321 g/mol. The Bertz CT molecular complexity index is 554. The zero-order chi connectivity index (χ0) is 17.1. The Hall–Kier alpha value is -2.50. The minimum absolute atomic E-state index is 0.298. The first kappa shape index (κ1) is 18.5. The fourth-order valence-electron chi connectivity index (χ4n) is 1.65. The second-order valence-electron chi connectivity index (χ2n) is 4.60. The summed E-state index contributed by atoms with van der Waals surface area (Å²) in [5.74, 6) is 0.357. The van der Waals surface area contributed by atoms with Crippen LogP contribution in [0.1, 0.15) is 25.8 Å². The van der Waals surface area contributed by atoms with E-state index in [0.717, 1.165) is 12.0 Å². The van der Waals surface area contributed by atoms with Crippen LogP contribution in [0.2, 0.25) is 0 Å². The zero-order valence-electron chi connectivity index (χ0n) is 13.8. The van der Waals surface area contributed by atoms with Crippen molar-refractivity contribution in [2.24, 2.45) is 0 Å². The normalized spacial score (nSPS) is 10.4. The first-order valence-electron chi connectivity index (χ1n) is 7.55. The number of benzene rings is 1. The molecule has 0 spiro atoms. The lowest BCUT2D eigenvalue weighted by Gasteiger charge is -2.12. The summed E-state index contributed by atoms with van der Waals surface area (Å²) in [6.45, 7) is 4.75. The van der Waals surface area contributed by atoms with Gasteiger partial charge in [0, 0.05) is 13.1 Å². The lowest BCUT2D eigenvalue weighted by atomic mass is 10.2. The lowest BCUT2D eigenvalue weighted by molar-refractivity contribution is -0.143. The number of esters is 1. The molecule has 0 atom stereocenters. The van der Waals surface area contributed by atoms with E-state index in [1.807, 2.05) is 19.9 Å². The fourth-order valence-corrected chi connectivity index (χ4v) is 1.65. The average molecular weight is 321 g/mol. The summed E-state index contributed by atoms with van der Waals surface area (Å²) in [4.78, 5) is 22.5. The van der Waals surface area contributed by atoms with E-state index in [1.165, 1.54) is 13.1 Å². The van der Waals surface area contributed by atoms with Gasteiger partial charge in [-0.2, -0.15) is 0 Å². The van der Waals surface area contributed by atoms with Crippen LogP contribution in [0.4, 0.5) is 0 Å². The highest BCUT2D eigenvalue weighted by Crippen LogP contribution is 2.29. The highest BCUT2D eigenvalue weighted by Gasteiger charge is 2.06. The molecule has 126 valence electrons. The van der Waals surface area contributed by atoms with Crippen molar-refractivity contribution in [2.75, 3.05) is 26.9 Å². The zero-order valence-corrected chi connectivity index (χ0v) is 13.8. The van der Waals surface area contributed by atoms with Crippen LogP contribution in [0.25, 0.3) is 6.08 Å². The van der Waals surface area contributed by atoms with Gasteiger partial charge in [-0.1, -0.05) is 13.0 Å². The van der Waals surface area contributed by atoms with Crippen LogP contribution in [0.15, 0.2) is 24.3 Å². The molecular formula is C17H23NO5. The van der Waals surface area contributed by atoms with Gasteiger partial charge in [-0.15, -0.1) is 0 Å². The summed E-state index contributed by atoms with van der Waals surface area (Å²) in [6, 6.07) is 5.41. The average Bonchev–Trinajstić information content (AvgIpc) is 2.57. The lowest BCUT2D eigenvalue weighted by Crippen LogP contribution is -2.24. The molecule has 0 aliphatic carbocycles. The van der Waals surface area contributed by atoms with Crippen molar-refractivity contribution >= 4 is 18.0 Å². The molecule has 0 aromatic heterocycles. The molecule has 1 aromatic carbocycles. The third-order valence-corrected chi connectivity index (χ3v) is 2.77. The van der Waals surface area contributed by atoms with E-state index in [9.17, 15) is 9.59 Å². The van der Waals surface area contributed by atoms with Crippen LogP contribution in [0.3, 0.4) is 0 Å². The van der Waals surface area contributed by atoms with E-state index in [1.54, 1.807) is 18.2 Å². The Morgan fingerprint density at radius 2 is 1.96 bits per heavy atom. The van der Waals surface area contributed by atoms with E-state index in [0.29, 0.717) is 24.7 Å². The van der Waals surface area contributed by atoms with Gasteiger partial charge in [0.05, 0.1) is 13.2 Å². The third-order valence-electron chi connectivity index (χ3n) is 2.77. The second-order valence-corrected chi connectivity index (χ2v) is 4.60. The second kappa shape index (κ2) is 10.3. The maximum Gasteiger partial charge on any atom is 0.331 e. The first-order chi connectivity index (χ1) is 11.1. The Morgan fingerprint density at radius 1 is 1.17 bits per heavy atom. The van der Waals surface area contributed by atoms with Gasteiger partial charge in [0.15, 0.2) is 18.1 Å². The van der Waals surface area contributed by atoms with E-state index in [-0.39, 0.29) is 12.5 Å². The van der Waals surface area contributed by atoms with Gasteiger partial charge in [-0.05, 0) is 37.1 Å². The maximum atomic E-state index is 11.5. The number of ether oxygens (including phenoxy) is 3. The van der Waals surface area contributed by atoms with Crippen molar-refractivity contribution in [3.63, 3.8) is 0 Å². The van der Waals surface area contributed by atoms with Gasteiger partial charge in [0.1, 0.15) is 0 Å². The minimum Gasteiger partial charge on any atom is -0.490 e. The summed E-state index contributed by atoms with van der Waals surface area (Å²) >= 11 is 0. The van der Waals surface area contributed by atoms with Crippen molar-refractivity contribution in [2.45, 2.75) is 20.3 Å². The summed E-state index contributed by atoms with van der Waals surface area (Å²) in [5, 5.41) is 2.37. The van der Waals surface area contributed by atoms with E-state index in [4.69, 9.17) is 14.2 Å².